The maximum atomic E-state index is 11.9. The van der Waals surface area contributed by atoms with Gasteiger partial charge in [-0.05, 0) is 39.0 Å². The number of ether oxygens (including phenoxy) is 1. The van der Waals surface area contributed by atoms with Crippen molar-refractivity contribution < 1.29 is 18.3 Å². The number of sulfone groups is 1. The van der Waals surface area contributed by atoms with Crippen LogP contribution in [0.1, 0.15) is 39.0 Å². The maximum absolute atomic E-state index is 11.9. The van der Waals surface area contributed by atoms with Gasteiger partial charge in [-0.2, -0.15) is 0 Å². The molecule has 2 unspecified atom stereocenters. The van der Waals surface area contributed by atoms with E-state index in [4.69, 9.17) is 4.74 Å². The van der Waals surface area contributed by atoms with Crippen LogP contribution < -0.4 is 0 Å². The Bertz CT molecular complexity index is 329. The van der Waals surface area contributed by atoms with Crippen LogP contribution in [0.15, 0.2) is 0 Å². The molecule has 16 heavy (non-hydrogen) atoms. The van der Waals surface area contributed by atoms with E-state index >= 15 is 0 Å². The Hall–Kier alpha value is -0.130. The Labute approximate surface area is 96.9 Å². The number of fused-ring (bicyclic) bond motifs is 2. The largest absolute Gasteiger partial charge is 0.390 e. The van der Waals surface area contributed by atoms with Crippen LogP contribution in [0.5, 0.6) is 0 Å². The van der Waals surface area contributed by atoms with E-state index < -0.39 is 15.4 Å². The van der Waals surface area contributed by atoms with Crippen molar-refractivity contribution in [2.75, 3.05) is 13.2 Å². The van der Waals surface area contributed by atoms with Crippen molar-refractivity contribution in [2.24, 2.45) is 0 Å². The van der Waals surface area contributed by atoms with Crippen LogP contribution in [0.4, 0.5) is 0 Å². The molecule has 0 radical (unpaired) electrons. The molecule has 0 spiro atoms. The molecule has 2 bridgehead atoms. The van der Waals surface area contributed by atoms with E-state index in [9.17, 15) is 13.5 Å². The van der Waals surface area contributed by atoms with Crippen LogP contribution in [-0.2, 0) is 14.6 Å². The Balaban J connectivity index is 2.01. The Kier molecular flexibility index (Phi) is 3.29. The fourth-order valence-corrected chi connectivity index (χ4v) is 5.51. The first-order valence-corrected chi connectivity index (χ1v) is 7.62. The Morgan fingerprint density at radius 2 is 1.88 bits per heavy atom. The molecule has 0 aliphatic carbocycles. The molecule has 0 aromatic heterocycles. The second-order valence-corrected chi connectivity index (χ2v) is 7.50. The summed E-state index contributed by atoms with van der Waals surface area (Å²) in [4.78, 5) is 0. The van der Waals surface area contributed by atoms with E-state index in [2.05, 4.69) is 0 Å². The molecule has 2 rings (SSSR count). The van der Waals surface area contributed by atoms with Gasteiger partial charge in [0.2, 0.25) is 0 Å². The first kappa shape index (κ1) is 12.3. The van der Waals surface area contributed by atoms with Gasteiger partial charge in [0.25, 0.3) is 0 Å². The van der Waals surface area contributed by atoms with Crippen molar-refractivity contribution in [1.29, 1.82) is 0 Å². The van der Waals surface area contributed by atoms with Gasteiger partial charge in [-0.1, -0.05) is 0 Å². The summed E-state index contributed by atoms with van der Waals surface area (Å²) in [5, 5.41) is 9.75. The van der Waals surface area contributed by atoms with Gasteiger partial charge in [-0.15, -0.1) is 0 Å². The zero-order valence-electron chi connectivity index (χ0n) is 9.68. The second-order valence-electron chi connectivity index (χ2n) is 4.99. The van der Waals surface area contributed by atoms with Gasteiger partial charge in [-0.3, -0.25) is 0 Å². The van der Waals surface area contributed by atoms with Crippen LogP contribution in [0, 0.1) is 0 Å². The van der Waals surface area contributed by atoms with Crippen molar-refractivity contribution >= 4 is 9.84 Å². The lowest BCUT2D eigenvalue weighted by molar-refractivity contribution is -0.0124. The molecule has 0 aromatic rings. The summed E-state index contributed by atoms with van der Waals surface area (Å²) < 4.78 is 28.9. The van der Waals surface area contributed by atoms with Gasteiger partial charge in [0.1, 0.15) is 0 Å². The van der Waals surface area contributed by atoms with Crippen molar-refractivity contribution in [3.8, 4) is 0 Å². The summed E-state index contributed by atoms with van der Waals surface area (Å²) in [6, 6.07) is 0. The van der Waals surface area contributed by atoms with Gasteiger partial charge in [-0.25, -0.2) is 8.42 Å². The van der Waals surface area contributed by atoms with Crippen LogP contribution >= 0.6 is 0 Å². The zero-order chi connectivity index (χ0) is 11.8. The highest BCUT2D eigenvalue weighted by Gasteiger charge is 2.52. The smallest absolute Gasteiger partial charge is 0.156 e. The lowest BCUT2D eigenvalue weighted by Gasteiger charge is -2.36. The summed E-state index contributed by atoms with van der Waals surface area (Å²) in [7, 11) is -2.93. The monoisotopic (exact) mass is 248 g/mol. The fraction of sp³-hybridized carbons (Fsp3) is 1.00. The summed E-state index contributed by atoms with van der Waals surface area (Å²) in [6.45, 7) is 3.08. The predicted molar refractivity (Wildman–Crippen MR) is 61.0 cm³/mol. The molecular formula is C11H20O4S. The molecule has 2 atom stereocenters. The first-order chi connectivity index (χ1) is 7.48. The van der Waals surface area contributed by atoms with Gasteiger partial charge < -0.3 is 9.84 Å². The van der Waals surface area contributed by atoms with Crippen LogP contribution in [0.25, 0.3) is 0 Å². The van der Waals surface area contributed by atoms with Crippen LogP contribution in [-0.4, -0.2) is 42.8 Å². The van der Waals surface area contributed by atoms with E-state index in [1.807, 2.05) is 6.92 Å². The Morgan fingerprint density at radius 1 is 1.31 bits per heavy atom. The van der Waals surface area contributed by atoms with Crippen molar-refractivity contribution in [2.45, 2.75) is 55.1 Å². The van der Waals surface area contributed by atoms with Gasteiger partial charge in [0, 0.05) is 13.2 Å². The van der Waals surface area contributed by atoms with Gasteiger partial charge in [0.05, 0.1) is 16.1 Å². The molecule has 0 amide bonds. The summed E-state index contributed by atoms with van der Waals surface area (Å²) in [5.74, 6) is 0. The lowest BCUT2D eigenvalue weighted by Crippen LogP contribution is -2.45. The molecule has 2 fully saturated rings. The average Bonchev–Trinajstić information content (AvgIpc) is 2.40. The molecule has 2 saturated heterocycles. The summed E-state index contributed by atoms with van der Waals surface area (Å²) in [6.07, 6.45) is 2.81. The molecule has 2 aliphatic rings. The molecule has 2 aliphatic heterocycles. The quantitative estimate of drug-likeness (QED) is 0.750. The predicted octanol–water partition coefficient (Wildman–Crippen LogP) is 0.884. The third-order valence-corrected chi connectivity index (χ3v) is 6.53. The average molecular weight is 248 g/mol. The van der Waals surface area contributed by atoms with Gasteiger partial charge >= 0.3 is 0 Å². The number of hydrogen-bond donors (Lipinski definition) is 1. The number of aliphatic hydroxyl groups is 1. The molecule has 4 nitrogen and oxygen atoms in total. The highest BCUT2D eigenvalue weighted by molar-refractivity contribution is 7.93. The Morgan fingerprint density at radius 3 is 2.38 bits per heavy atom. The van der Waals surface area contributed by atoms with E-state index in [1.54, 1.807) is 0 Å². The highest BCUT2D eigenvalue weighted by Crippen LogP contribution is 2.44. The number of hydrogen-bond acceptors (Lipinski definition) is 4. The topological polar surface area (TPSA) is 63.6 Å². The van der Waals surface area contributed by atoms with E-state index in [1.165, 1.54) is 0 Å². The minimum absolute atomic E-state index is 0.308. The molecule has 5 heteroatoms. The van der Waals surface area contributed by atoms with Crippen molar-refractivity contribution in [3.05, 3.63) is 0 Å². The van der Waals surface area contributed by atoms with Crippen molar-refractivity contribution in [1.82, 2.24) is 0 Å². The lowest BCUT2D eigenvalue weighted by atomic mass is 9.90. The summed E-state index contributed by atoms with van der Waals surface area (Å²) >= 11 is 0. The van der Waals surface area contributed by atoms with E-state index in [0.29, 0.717) is 32.5 Å². The second kappa shape index (κ2) is 4.27. The van der Waals surface area contributed by atoms with E-state index in [0.717, 1.165) is 12.8 Å². The normalized spacial score (nSPS) is 41.1. The SMILES string of the molecule is CCOCCC1(O)CC2CCC(C1)S2(=O)=O. The highest BCUT2D eigenvalue weighted by atomic mass is 32.2. The van der Waals surface area contributed by atoms with Crippen LogP contribution in [0.2, 0.25) is 0 Å². The minimum atomic E-state index is -2.93. The maximum Gasteiger partial charge on any atom is 0.156 e. The molecule has 0 saturated carbocycles. The third-order valence-electron chi connectivity index (χ3n) is 3.87. The van der Waals surface area contributed by atoms with Crippen LogP contribution in [0.3, 0.4) is 0 Å². The molecule has 94 valence electrons. The van der Waals surface area contributed by atoms with Gasteiger partial charge in [0.15, 0.2) is 9.84 Å². The zero-order valence-corrected chi connectivity index (χ0v) is 10.5. The van der Waals surface area contributed by atoms with E-state index in [-0.39, 0.29) is 10.5 Å². The molecule has 1 N–H and O–H groups in total. The minimum Gasteiger partial charge on any atom is -0.390 e. The molecule has 2 heterocycles. The fourth-order valence-electron chi connectivity index (χ4n) is 2.95. The summed E-state index contributed by atoms with van der Waals surface area (Å²) in [5.41, 5.74) is -0.813. The molecular weight excluding hydrogens is 228 g/mol. The number of rotatable bonds is 4. The standard InChI is InChI=1S/C11H20O4S/c1-2-15-6-5-11(12)7-9-3-4-10(8-11)16(9,13)14/h9-10,12H,2-8H2,1H3. The third kappa shape index (κ3) is 2.13. The van der Waals surface area contributed by atoms with Crippen molar-refractivity contribution in [3.63, 3.8) is 0 Å². The molecule has 0 aromatic carbocycles. The first-order valence-electron chi connectivity index (χ1n) is 6.01.